The zero-order chi connectivity index (χ0) is 36.6. The predicted octanol–water partition coefficient (Wildman–Crippen LogP) is 13.2. The molecule has 1 N–H and O–H groups in total. The van der Waals surface area contributed by atoms with Crippen molar-refractivity contribution in [2.45, 2.75) is 5.60 Å². The number of methoxy groups -OCH3 is 2. The van der Waals surface area contributed by atoms with Crippen LogP contribution >= 0.6 is 68.0 Å². The second kappa shape index (κ2) is 14.9. The van der Waals surface area contributed by atoms with Gasteiger partial charge in [0.1, 0.15) is 17.1 Å². The summed E-state index contributed by atoms with van der Waals surface area (Å²) in [5, 5.41) is 23.8. The molecule has 0 aliphatic heterocycles. The predicted molar refractivity (Wildman–Crippen MR) is 232 cm³/mol. The van der Waals surface area contributed by atoms with Crippen molar-refractivity contribution in [3.05, 3.63) is 210 Å². The molecule has 1 aliphatic rings. The van der Waals surface area contributed by atoms with E-state index in [-0.39, 0.29) is 0 Å². The second-order valence-corrected chi connectivity index (χ2v) is 18.3. The van der Waals surface area contributed by atoms with Gasteiger partial charge in [-0.25, -0.2) is 0 Å². The summed E-state index contributed by atoms with van der Waals surface area (Å²) in [4.78, 5) is 8.13. The lowest BCUT2D eigenvalue weighted by molar-refractivity contribution is 0.129. The van der Waals surface area contributed by atoms with Crippen molar-refractivity contribution in [3.63, 3.8) is 0 Å². The van der Waals surface area contributed by atoms with Crippen LogP contribution in [0.25, 0.3) is 16.7 Å². The molecular formula is C45H32O3S6. The van der Waals surface area contributed by atoms with E-state index in [4.69, 9.17) is 9.47 Å². The molecule has 0 atom stereocenters. The summed E-state index contributed by atoms with van der Waals surface area (Å²) < 4.78 is 11.0. The van der Waals surface area contributed by atoms with E-state index in [0.29, 0.717) is 0 Å². The summed E-state index contributed by atoms with van der Waals surface area (Å²) in [6, 6.07) is 41.6. The van der Waals surface area contributed by atoms with Crippen LogP contribution < -0.4 is 9.47 Å². The molecule has 54 heavy (non-hydrogen) atoms. The van der Waals surface area contributed by atoms with E-state index in [1.165, 1.54) is 57.8 Å². The molecule has 6 heterocycles. The molecule has 0 unspecified atom stereocenters. The number of hydrogen-bond acceptors (Lipinski definition) is 9. The van der Waals surface area contributed by atoms with Crippen LogP contribution in [0.3, 0.4) is 0 Å². The third-order valence-electron chi connectivity index (χ3n) is 9.50. The summed E-state index contributed by atoms with van der Waals surface area (Å²) in [5.41, 5.74) is 7.66. The fourth-order valence-corrected chi connectivity index (χ4v) is 12.3. The van der Waals surface area contributed by atoms with Crippen LogP contribution in [0, 0.1) is 0 Å². The van der Waals surface area contributed by atoms with Crippen LogP contribution in [-0.2, 0) is 5.60 Å². The molecule has 3 nitrogen and oxygen atoms in total. The van der Waals surface area contributed by atoms with Crippen LogP contribution in [0.2, 0.25) is 0 Å². The smallest absolute Gasteiger partial charge is 0.149 e. The van der Waals surface area contributed by atoms with E-state index >= 15 is 0 Å². The van der Waals surface area contributed by atoms with Crippen molar-refractivity contribution >= 4 is 84.7 Å². The van der Waals surface area contributed by atoms with Gasteiger partial charge in [-0.1, -0.05) is 54.6 Å². The summed E-state index contributed by atoms with van der Waals surface area (Å²) in [7, 11) is 3.31. The lowest BCUT2D eigenvalue weighted by atomic mass is 9.85. The highest BCUT2D eigenvalue weighted by Crippen LogP contribution is 2.61. The molecule has 0 amide bonds. The largest absolute Gasteiger partial charge is 0.497 e. The first-order valence-electron chi connectivity index (χ1n) is 17.1. The topological polar surface area (TPSA) is 38.7 Å². The Morgan fingerprint density at radius 3 is 1.06 bits per heavy atom. The molecule has 1 fully saturated rings. The first-order valence-corrected chi connectivity index (χ1v) is 22.4. The van der Waals surface area contributed by atoms with E-state index in [1.807, 2.05) is 48.5 Å². The van der Waals surface area contributed by atoms with Crippen LogP contribution in [-0.4, -0.2) is 19.3 Å². The van der Waals surface area contributed by atoms with Gasteiger partial charge < -0.3 is 14.6 Å². The van der Waals surface area contributed by atoms with Gasteiger partial charge in [0, 0.05) is 67.6 Å². The quantitative estimate of drug-likeness (QED) is 0.141. The van der Waals surface area contributed by atoms with Crippen LogP contribution in [0.5, 0.6) is 11.5 Å². The molecule has 2 aromatic carbocycles. The fraction of sp³-hybridized carbons (Fsp3) is 0.0667. The highest BCUT2D eigenvalue weighted by Gasteiger charge is 2.43. The van der Waals surface area contributed by atoms with Gasteiger partial charge in [-0.2, -0.15) is 0 Å². The molecule has 8 aromatic rings. The molecule has 0 radical (unpaired) electrons. The summed E-state index contributed by atoms with van der Waals surface area (Å²) in [5.74, 6) is 1.47. The van der Waals surface area contributed by atoms with Crippen molar-refractivity contribution in [2.75, 3.05) is 14.2 Å². The minimum absolute atomic E-state index is 0.736. The van der Waals surface area contributed by atoms with Gasteiger partial charge in [-0.3, -0.25) is 0 Å². The van der Waals surface area contributed by atoms with Gasteiger partial charge in [-0.15, -0.1) is 68.0 Å². The standard InChI is InChI=1S/C45H32O3S6/c1-47-30-17-13-28(14-18-30)45(46,29-15-19-31(48-2)20-16-29)38-22-21-37(54-38)41(36-12-7-27-53-36)44-42(39(32-8-3-23-49-32)33-9-4-24-50-33)43(44)40(34-10-5-25-51-34)35-11-6-26-52-35/h3-27,46H,1-2H3. The second-order valence-electron chi connectivity index (χ2n) is 12.5. The third-order valence-corrected chi connectivity index (χ3v) is 15.1. The Morgan fingerprint density at radius 1 is 0.426 bits per heavy atom. The first kappa shape index (κ1) is 35.1. The maximum absolute atomic E-state index is 13.0. The Morgan fingerprint density at radius 2 is 0.759 bits per heavy atom. The summed E-state index contributed by atoms with van der Waals surface area (Å²) in [6.07, 6.45) is 0. The molecule has 0 bridgehead atoms. The van der Waals surface area contributed by atoms with Crippen LogP contribution in [0.4, 0.5) is 0 Å². The summed E-state index contributed by atoms with van der Waals surface area (Å²) in [6.45, 7) is 0. The first-order chi connectivity index (χ1) is 26.6. The van der Waals surface area contributed by atoms with Gasteiger partial charge in [0.05, 0.1) is 14.2 Å². The van der Waals surface area contributed by atoms with E-state index in [1.54, 1.807) is 82.2 Å². The molecule has 0 spiro atoms. The van der Waals surface area contributed by atoms with Gasteiger partial charge in [-0.05, 0) is 105 Å². The van der Waals surface area contributed by atoms with Crippen molar-refractivity contribution in [1.29, 1.82) is 0 Å². The van der Waals surface area contributed by atoms with Gasteiger partial charge in [0.25, 0.3) is 0 Å². The Kier molecular flexibility index (Phi) is 9.71. The number of rotatable bonds is 11. The highest BCUT2D eigenvalue weighted by molar-refractivity contribution is 7.16. The van der Waals surface area contributed by atoms with Crippen molar-refractivity contribution in [1.82, 2.24) is 0 Å². The lowest BCUT2D eigenvalue weighted by Gasteiger charge is -2.29. The Balaban J connectivity index is 1.33. The monoisotopic (exact) mass is 812 g/mol. The SMILES string of the molecule is COc1ccc(C(O)(c2ccc(OC)cc2)c2ccc(C(=C3C(=C(c4cccs4)c4cccs4)C3=C(c3cccs3)c3cccs3)c3cccs3)s2)cc1. The third kappa shape index (κ3) is 6.29. The number of benzene rings is 2. The molecule has 6 aromatic heterocycles. The average molecular weight is 813 g/mol. The van der Waals surface area contributed by atoms with Crippen molar-refractivity contribution in [2.24, 2.45) is 0 Å². The number of aliphatic hydroxyl groups is 1. The molecular weight excluding hydrogens is 781 g/mol. The van der Waals surface area contributed by atoms with Gasteiger partial charge in [0.15, 0.2) is 0 Å². The molecule has 9 heteroatoms. The van der Waals surface area contributed by atoms with E-state index in [0.717, 1.165) is 32.4 Å². The zero-order valence-electron chi connectivity index (χ0n) is 29.1. The molecule has 1 saturated carbocycles. The minimum Gasteiger partial charge on any atom is -0.497 e. The van der Waals surface area contributed by atoms with Crippen molar-refractivity contribution in [3.8, 4) is 11.5 Å². The van der Waals surface area contributed by atoms with Crippen LogP contribution in [0.1, 0.15) is 45.3 Å². The highest BCUT2D eigenvalue weighted by atomic mass is 32.1. The molecule has 1 aliphatic carbocycles. The van der Waals surface area contributed by atoms with E-state index in [9.17, 15) is 5.11 Å². The average Bonchev–Trinajstić information content (AvgIpc) is 4.02. The zero-order valence-corrected chi connectivity index (χ0v) is 34.0. The normalized spacial score (nSPS) is 12.6. The Hall–Kier alpha value is -4.58. The molecule has 0 saturated heterocycles. The molecule has 9 rings (SSSR count). The maximum Gasteiger partial charge on any atom is 0.149 e. The molecule has 266 valence electrons. The lowest BCUT2D eigenvalue weighted by Crippen LogP contribution is -2.27. The fourth-order valence-electron chi connectivity index (χ4n) is 6.93. The Labute approximate surface area is 338 Å². The maximum atomic E-state index is 13.0. The number of thiophene rings is 6. The number of ether oxygens (including phenoxy) is 2. The number of hydrogen-bond donors (Lipinski definition) is 1. The Bertz CT molecular complexity index is 2370. The van der Waals surface area contributed by atoms with Gasteiger partial charge in [0.2, 0.25) is 0 Å². The van der Waals surface area contributed by atoms with E-state index in [2.05, 4.69) is 99.7 Å². The summed E-state index contributed by atoms with van der Waals surface area (Å²) >= 11 is 10.5. The van der Waals surface area contributed by atoms with Crippen LogP contribution in [0.15, 0.2) is 165 Å². The number of allylic oxidation sites excluding steroid dienone is 3. The van der Waals surface area contributed by atoms with Gasteiger partial charge >= 0.3 is 0 Å². The van der Waals surface area contributed by atoms with E-state index < -0.39 is 5.60 Å². The minimum atomic E-state index is -1.42. The van der Waals surface area contributed by atoms with Crippen molar-refractivity contribution < 1.29 is 14.6 Å².